The minimum absolute atomic E-state index is 0. The summed E-state index contributed by atoms with van der Waals surface area (Å²) in [6.45, 7) is 28.0. The third-order valence-electron chi connectivity index (χ3n) is 18.3. The minimum atomic E-state index is -0.962. The zero-order chi connectivity index (χ0) is 86.6. The van der Waals surface area contributed by atoms with Crippen molar-refractivity contribution >= 4 is 41.6 Å². The van der Waals surface area contributed by atoms with Crippen molar-refractivity contribution in [3.05, 3.63) is 299 Å². The number of aromatic nitrogens is 13. The predicted molar refractivity (Wildman–Crippen MR) is 469 cm³/mol. The van der Waals surface area contributed by atoms with Gasteiger partial charge in [0.25, 0.3) is 0 Å². The fourth-order valence-electron chi connectivity index (χ4n) is 11.8. The summed E-state index contributed by atoms with van der Waals surface area (Å²) in [7, 11) is 6.40. The van der Waals surface area contributed by atoms with Crippen LogP contribution < -0.4 is 35.9 Å². The molecule has 0 aliphatic heterocycles. The number of esters is 2. The molecule has 1 amide bonds. The van der Waals surface area contributed by atoms with Crippen molar-refractivity contribution in [2.75, 3.05) is 33.7 Å². The van der Waals surface area contributed by atoms with Crippen molar-refractivity contribution in [1.29, 1.82) is 0 Å². The monoisotopic (exact) mass is 1630 g/mol. The van der Waals surface area contributed by atoms with Crippen LogP contribution in [0.5, 0.6) is 0 Å². The topological polar surface area (TPSA) is 377 Å². The number of carboxylic acids is 1. The van der Waals surface area contributed by atoms with Crippen LogP contribution in [0.1, 0.15) is 198 Å². The van der Waals surface area contributed by atoms with Crippen molar-refractivity contribution in [3.63, 3.8) is 0 Å². The Hall–Kier alpha value is -13.2. The summed E-state index contributed by atoms with van der Waals surface area (Å²) in [6, 6.07) is 54.7. The smallest absolute Gasteiger partial charge is 0.870 e. The van der Waals surface area contributed by atoms with Gasteiger partial charge < -0.3 is 36.1 Å². The number of aryl methyl sites for hydroxylation is 4. The van der Waals surface area contributed by atoms with Gasteiger partial charge in [-0.15, -0.1) is 0 Å². The summed E-state index contributed by atoms with van der Waals surface area (Å²) in [4.78, 5) is 94.2. The molecule has 121 heavy (non-hydrogen) atoms. The van der Waals surface area contributed by atoms with E-state index in [1.54, 1.807) is 88.1 Å². The Balaban J connectivity index is 0.000000234. The molecule has 5 aromatic heterocycles. The quantitative estimate of drug-likeness (QED) is 0.00987. The number of hydrogen-bond donors (Lipinski definition) is 4. The van der Waals surface area contributed by atoms with E-state index in [1.807, 2.05) is 178 Å². The van der Waals surface area contributed by atoms with E-state index >= 15 is 0 Å². The van der Waals surface area contributed by atoms with E-state index in [2.05, 4.69) is 138 Å². The van der Waals surface area contributed by atoms with Gasteiger partial charge in [-0.05, 0) is 152 Å². The second kappa shape index (κ2) is 46.8. The fourth-order valence-corrected chi connectivity index (χ4v) is 11.8. The van der Waals surface area contributed by atoms with Gasteiger partial charge in [0.2, 0.25) is 5.91 Å². The van der Waals surface area contributed by atoms with Gasteiger partial charge in [0, 0.05) is 105 Å². The van der Waals surface area contributed by atoms with Crippen LogP contribution in [0.2, 0.25) is 0 Å². The third-order valence-corrected chi connectivity index (χ3v) is 18.3. The van der Waals surface area contributed by atoms with E-state index in [0.717, 1.165) is 90.3 Å². The molecule has 28 heteroatoms. The van der Waals surface area contributed by atoms with E-state index in [9.17, 15) is 29.1 Å². The second-order valence-corrected chi connectivity index (χ2v) is 29.8. The van der Waals surface area contributed by atoms with E-state index in [0.29, 0.717) is 34.5 Å². The molecule has 13 rings (SSSR count). The summed E-state index contributed by atoms with van der Waals surface area (Å²) < 4.78 is 15.0. The molecule has 5 heterocycles. The van der Waals surface area contributed by atoms with Gasteiger partial charge >= 0.3 is 36.8 Å². The van der Waals surface area contributed by atoms with Gasteiger partial charge in [-0.25, -0.2) is 48.4 Å². The van der Waals surface area contributed by atoms with Crippen molar-refractivity contribution in [3.8, 4) is 61.6 Å². The zero-order valence-electron chi connectivity index (χ0n) is 72.2. The molecular weight excluding hydrogens is 1520 g/mol. The largest absolute Gasteiger partial charge is 1.00 e. The number of nitrogens with one attached hydrogen (secondary N) is 1. The van der Waals surface area contributed by atoms with Gasteiger partial charge in [0.15, 0.2) is 5.78 Å². The van der Waals surface area contributed by atoms with Gasteiger partial charge in [0.05, 0.1) is 65.7 Å². The molecule has 27 nitrogen and oxygen atoms in total. The number of hydrazine groups is 1. The number of aromatic carboxylic acids is 1. The first-order valence-electron chi connectivity index (χ1n) is 38.9. The Kier molecular flexibility index (Phi) is 37.4. The molecule has 13 aromatic rings. The molecule has 0 aliphatic rings. The van der Waals surface area contributed by atoms with Crippen LogP contribution in [-0.2, 0) is 14.3 Å². The number of benzene rings is 8. The summed E-state index contributed by atoms with van der Waals surface area (Å²) >= 11 is 0. The number of methoxy groups -OCH3 is 2. The molecule has 2 unspecified atom stereocenters. The average Bonchev–Trinajstić information content (AvgIpc) is 1.77. The molecule has 0 aliphatic carbocycles. The molecule has 0 saturated carbocycles. The summed E-state index contributed by atoms with van der Waals surface area (Å²) in [6.07, 6.45) is 16.4. The molecule has 0 bridgehead atoms. The first kappa shape index (κ1) is 96.7. The number of hydrogen-bond acceptors (Lipinski definition) is 21. The van der Waals surface area contributed by atoms with Crippen molar-refractivity contribution in [2.24, 2.45) is 22.5 Å². The molecule has 624 valence electrons. The van der Waals surface area contributed by atoms with Crippen molar-refractivity contribution in [2.45, 2.75) is 133 Å². The van der Waals surface area contributed by atoms with Gasteiger partial charge in [0.1, 0.15) is 36.5 Å². The van der Waals surface area contributed by atoms with Gasteiger partial charge in [-0.3, -0.25) is 35.4 Å². The maximum atomic E-state index is 13.3. The SMILES string of the molecule is CC(C)C(=O)N=CN(C)C.CC(N)c1cnccn1.COC(=O)c1cc(-c2ccc(C)cc2)cc(-n2ncnc2C(C)C)c1.COC(=O)c1cc(NN)cc(-c2ccc(C)cc2)c1.Cc1ccc(-c2cc(C(=O)CC(C)c3cnccn3)cc(-n3ncnc3C(C)C)c2)cc1.Cc1ccc(-c2cc(C(=O)O)cc(-n3ncnc3C(C)C)c2)cc1.[Li+].[OH-]. The Morgan fingerprint density at radius 1 is 0.463 bits per heavy atom. The summed E-state index contributed by atoms with van der Waals surface area (Å²) in [5.41, 5.74) is 27.0. The Morgan fingerprint density at radius 3 is 1.12 bits per heavy atom. The number of Topliss-reactive ketones (excluding diaryl/α,β-unsaturated/α-hetero) is 1. The van der Waals surface area contributed by atoms with E-state index in [4.69, 9.17) is 21.1 Å². The van der Waals surface area contributed by atoms with E-state index < -0.39 is 5.97 Å². The number of nitrogens with zero attached hydrogens (tertiary/aromatic N) is 15. The van der Waals surface area contributed by atoms with Crippen LogP contribution in [0.25, 0.3) is 61.6 Å². The molecule has 0 saturated heterocycles. The van der Waals surface area contributed by atoms with Crippen LogP contribution >= 0.6 is 0 Å². The number of nitrogens with two attached hydrogens (primary N) is 2. The van der Waals surface area contributed by atoms with Gasteiger partial charge in [-0.1, -0.05) is 182 Å². The van der Waals surface area contributed by atoms with Gasteiger partial charge in [-0.2, -0.15) is 15.3 Å². The second-order valence-electron chi connectivity index (χ2n) is 29.8. The van der Waals surface area contributed by atoms with Crippen molar-refractivity contribution < 1.29 is 62.9 Å². The fraction of sp³-hybridized carbons (Fsp3) is 0.269. The molecular formula is C93H107LiN18O9. The van der Waals surface area contributed by atoms with Crippen LogP contribution in [0.4, 0.5) is 5.69 Å². The van der Waals surface area contributed by atoms with E-state index in [1.165, 1.54) is 49.9 Å². The third kappa shape index (κ3) is 28.3. The number of carbonyl (C=O) groups excluding carboxylic acids is 4. The molecule has 0 radical (unpaired) electrons. The summed E-state index contributed by atoms with van der Waals surface area (Å²) in [5.74, 6) is 6.77. The zero-order valence-corrected chi connectivity index (χ0v) is 72.2. The molecule has 7 N–H and O–H groups in total. The number of carboxylic acid groups (broad SMARTS) is 1. The van der Waals surface area contributed by atoms with Crippen LogP contribution in [0, 0.1) is 33.6 Å². The van der Waals surface area contributed by atoms with Crippen LogP contribution in [-0.4, -0.2) is 144 Å². The number of carbonyl (C=O) groups is 5. The number of ketones is 1. The molecule has 0 fully saturated rings. The van der Waals surface area contributed by atoms with E-state index in [-0.39, 0.29) is 89.2 Å². The number of aliphatic imine (C=N–C) groups is 1. The first-order chi connectivity index (χ1) is 56.8. The first-order valence-corrected chi connectivity index (χ1v) is 38.9. The number of ether oxygens (including phenoxy) is 2. The standard InChI is InChI=1S/C26H27N5O.C20H21N3O2.C19H19N3O2.C15H16N2O2.C7H14N2O.C6H9N3.Li.H2O/c1-17(2)26-29-16-30-31(26)23-13-21(20-7-5-18(3)6-8-20)12-22(14-23)25(32)11-19(4)24-15-27-9-10-28-24;1-13(2)19-21-12-22-23(19)18-10-16(9-17(11-18)20(24)25-4)15-7-5-14(3)6-8-15;1-12(2)18-20-11-21-22(18)17-9-15(8-16(10-17)19(23)24)14-6-4-13(3)5-7-14;1-10-3-5-11(6-4-10)12-7-13(15(18)19-2)9-14(8-12)17-16;1-6(2)7(10)8-5-9(3)4;1-5(7)6-4-8-2-3-9-6;;/h5-10,12-17,19H,11H2,1-4H3;5-13H,1-4H3;4-12H,1-3H3,(H,23,24);3-9,17H,16H2,1-2H3;5-6H,1-4H3;2-5H,7H2,1H3;;1H2/q;;;;;;+1;/p-1. The normalized spacial score (nSPS) is 11.1. The molecule has 2 atom stereocenters. The number of anilines is 1. The Labute approximate surface area is 719 Å². The van der Waals surface area contributed by atoms with Crippen LogP contribution in [0.15, 0.2) is 231 Å². The number of amides is 1. The summed E-state index contributed by atoms with van der Waals surface area (Å²) in [5, 5.41) is 22.5. The number of rotatable bonds is 21. The molecule has 8 aromatic carbocycles. The molecule has 0 spiro atoms. The maximum absolute atomic E-state index is 13.3. The Bertz CT molecular complexity index is 5520. The maximum Gasteiger partial charge on any atom is 1.00 e. The van der Waals surface area contributed by atoms with Crippen LogP contribution in [0.3, 0.4) is 0 Å². The average molecular weight is 1630 g/mol. The minimum Gasteiger partial charge on any atom is -0.870 e. The Morgan fingerprint density at radius 2 is 0.802 bits per heavy atom. The predicted octanol–water partition coefficient (Wildman–Crippen LogP) is 14.6. The van der Waals surface area contributed by atoms with Crippen molar-refractivity contribution in [1.82, 2.24) is 69.1 Å². The number of nitrogen functional groups attached to an aromatic ring is 1.